The van der Waals surface area contributed by atoms with Gasteiger partial charge in [0.1, 0.15) is 11.4 Å². The number of aromatic hydroxyl groups is 1. The first-order chi connectivity index (χ1) is 16.9. The third-order valence-corrected chi connectivity index (χ3v) is 5.75. The number of nitrogens with zero attached hydrogens (tertiary/aromatic N) is 5. The van der Waals surface area contributed by atoms with Crippen LogP contribution < -0.4 is 10.6 Å². The maximum Gasteiger partial charge on any atom is 0.272 e. The number of amides is 2. The molecule has 1 saturated heterocycles. The summed E-state index contributed by atoms with van der Waals surface area (Å²) in [5, 5.41) is 24.4. The highest BCUT2D eigenvalue weighted by atomic mass is 35.5. The highest BCUT2D eigenvalue weighted by Crippen LogP contribution is 2.22. The molecule has 0 radical (unpaired) electrons. The van der Waals surface area contributed by atoms with Crippen LogP contribution in [-0.2, 0) is 0 Å². The third kappa shape index (κ3) is 6.21. The van der Waals surface area contributed by atoms with Crippen LogP contribution in [-0.4, -0.2) is 86.1 Å². The number of aliphatic hydroxyl groups is 1. The van der Waals surface area contributed by atoms with E-state index in [2.05, 4.69) is 30.5 Å². The second-order valence-electron chi connectivity index (χ2n) is 7.83. The van der Waals surface area contributed by atoms with E-state index >= 15 is 0 Å². The molecular formula is C23H24ClN7O4. The van der Waals surface area contributed by atoms with E-state index in [1.165, 1.54) is 36.8 Å². The molecular weight excluding hydrogens is 474 g/mol. The second kappa shape index (κ2) is 11.1. The molecule has 4 N–H and O–H groups in total. The Kier molecular flexibility index (Phi) is 7.70. The number of pyridine rings is 1. The van der Waals surface area contributed by atoms with Crippen LogP contribution in [0.5, 0.6) is 5.75 Å². The normalized spacial score (nSPS) is 13.9. The molecule has 1 aromatic carbocycles. The van der Waals surface area contributed by atoms with E-state index in [-0.39, 0.29) is 34.8 Å². The van der Waals surface area contributed by atoms with Gasteiger partial charge in [-0.25, -0.2) is 15.0 Å². The van der Waals surface area contributed by atoms with Gasteiger partial charge in [-0.3, -0.25) is 14.5 Å². The van der Waals surface area contributed by atoms with E-state index in [9.17, 15) is 14.7 Å². The van der Waals surface area contributed by atoms with Gasteiger partial charge >= 0.3 is 0 Å². The summed E-state index contributed by atoms with van der Waals surface area (Å²) in [6, 6.07) is 7.44. The molecule has 35 heavy (non-hydrogen) atoms. The molecule has 2 amide bonds. The lowest BCUT2D eigenvalue weighted by molar-refractivity contribution is 0.0609. The zero-order valence-corrected chi connectivity index (χ0v) is 19.4. The Hall–Kier alpha value is -3.80. The number of rotatable bonds is 7. The highest BCUT2D eigenvalue weighted by molar-refractivity contribution is 6.34. The van der Waals surface area contributed by atoms with Crippen molar-refractivity contribution in [2.24, 2.45) is 0 Å². The smallest absolute Gasteiger partial charge is 0.272 e. The van der Waals surface area contributed by atoms with Crippen LogP contribution >= 0.6 is 11.6 Å². The number of benzene rings is 1. The molecule has 2 aromatic heterocycles. The SMILES string of the molecule is O=C(Nc1cnc(Nc2ccc(C(=O)N3CCN(CCO)CC3)nc2)nc1)c1cc(O)ccc1Cl. The van der Waals surface area contributed by atoms with Crippen molar-refractivity contribution in [1.82, 2.24) is 24.8 Å². The van der Waals surface area contributed by atoms with Crippen LogP contribution in [0.15, 0.2) is 48.9 Å². The molecule has 0 spiro atoms. The highest BCUT2D eigenvalue weighted by Gasteiger charge is 2.22. The second-order valence-corrected chi connectivity index (χ2v) is 8.24. The zero-order valence-electron chi connectivity index (χ0n) is 18.7. The number of hydrogen-bond donors (Lipinski definition) is 4. The number of carbonyl (C=O) groups excluding carboxylic acids is 2. The molecule has 0 unspecified atom stereocenters. The fraction of sp³-hybridized carbons (Fsp3) is 0.261. The molecule has 12 heteroatoms. The van der Waals surface area contributed by atoms with Gasteiger partial charge in [0.25, 0.3) is 11.8 Å². The van der Waals surface area contributed by atoms with Crippen LogP contribution in [0.25, 0.3) is 0 Å². The number of β-amino-alcohol motifs (C(OH)–C–C–N with tert-alkyl or cyclic N) is 1. The summed E-state index contributed by atoms with van der Waals surface area (Å²) in [7, 11) is 0. The summed E-state index contributed by atoms with van der Waals surface area (Å²) < 4.78 is 0. The van der Waals surface area contributed by atoms with Gasteiger partial charge in [-0.05, 0) is 30.3 Å². The first kappa shape index (κ1) is 24.3. The molecule has 1 aliphatic heterocycles. The van der Waals surface area contributed by atoms with Crippen LogP contribution in [0.4, 0.5) is 17.3 Å². The van der Waals surface area contributed by atoms with Gasteiger partial charge in [-0.2, -0.15) is 0 Å². The van der Waals surface area contributed by atoms with Crippen molar-refractivity contribution in [1.29, 1.82) is 0 Å². The van der Waals surface area contributed by atoms with E-state index in [1.54, 1.807) is 17.0 Å². The lowest BCUT2D eigenvalue weighted by Crippen LogP contribution is -2.49. The van der Waals surface area contributed by atoms with Crippen molar-refractivity contribution in [3.05, 3.63) is 65.2 Å². The van der Waals surface area contributed by atoms with E-state index < -0.39 is 5.91 Å². The average molecular weight is 498 g/mol. The number of carbonyl (C=O) groups is 2. The van der Waals surface area contributed by atoms with Gasteiger partial charge in [0.15, 0.2) is 0 Å². The lowest BCUT2D eigenvalue weighted by Gasteiger charge is -2.34. The standard InChI is InChI=1S/C23H24ClN7O4/c24-19-3-2-17(33)11-18(19)21(34)28-16-13-26-23(27-14-16)29-15-1-4-20(25-12-15)22(35)31-7-5-30(6-8-31)9-10-32/h1-4,11-14,32-33H,5-10H2,(H,28,34)(H,26,27,29). The predicted octanol–water partition coefficient (Wildman–Crippen LogP) is 1.98. The van der Waals surface area contributed by atoms with Gasteiger partial charge < -0.3 is 25.7 Å². The lowest BCUT2D eigenvalue weighted by atomic mass is 10.2. The first-order valence-electron chi connectivity index (χ1n) is 10.9. The predicted molar refractivity (Wildman–Crippen MR) is 130 cm³/mol. The number of piperazine rings is 1. The number of hydrogen-bond acceptors (Lipinski definition) is 9. The van der Waals surface area contributed by atoms with Crippen molar-refractivity contribution < 1.29 is 19.8 Å². The van der Waals surface area contributed by atoms with E-state index in [4.69, 9.17) is 16.7 Å². The van der Waals surface area contributed by atoms with Crippen molar-refractivity contribution in [3.63, 3.8) is 0 Å². The Morgan fingerprint density at radius 2 is 1.69 bits per heavy atom. The number of phenols is 1. The zero-order chi connectivity index (χ0) is 24.8. The van der Waals surface area contributed by atoms with Crippen molar-refractivity contribution in [3.8, 4) is 5.75 Å². The molecule has 4 rings (SSSR count). The summed E-state index contributed by atoms with van der Waals surface area (Å²) in [6.07, 6.45) is 4.37. The molecule has 1 fully saturated rings. The maximum atomic E-state index is 12.7. The van der Waals surface area contributed by atoms with Gasteiger partial charge in [-0.15, -0.1) is 0 Å². The number of phenolic OH excluding ortho intramolecular Hbond substituents is 1. The Labute approximate surface area is 206 Å². The van der Waals surface area contributed by atoms with E-state index in [1.807, 2.05) is 0 Å². The summed E-state index contributed by atoms with van der Waals surface area (Å²) in [4.78, 5) is 41.5. The average Bonchev–Trinajstić information content (AvgIpc) is 2.87. The number of halogens is 1. The van der Waals surface area contributed by atoms with Crippen LogP contribution in [0.2, 0.25) is 5.02 Å². The number of nitrogens with one attached hydrogen (secondary N) is 2. The fourth-order valence-corrected chi connectivity index (χ4v) is 3.75. The van der Waals surface area contributed by atoms with Crippen LogP contribution in [0.1, 0.15) is 20.8 Å². The Morgan fingerprint density at radius 3 is 2.34 bits per heavy atom. The van der Waals surface area contributed by atoms with Crippen LogP contribution in [0.3, 0.4) is 0 Å². The summed E-state index contributed by atoms with van der Waals surface area (Å²) in [5.74, 6) is -0.436. The molecule has 0 aliphatic carbocycles. The molecule has 3 heterocycles. The summed E-state index contributed by atoms with van der Waals surface area (Å²) >= 11 is 6.01. The molecule has 0 saturated carbocycles. The van der Waals surface area contributed by atoms with E-state index in [0.29, 0.717) is 36.7 Å². The maximum absolute atomic E-state index is 12.7. The van der Waals surface area contributed by atoms with Crippen molar-refractivity contribution in [2.75, 3.05) is 50.0 Å². The molecule has 0 atom stereocenters. The first-order valence-corrected chi connectivity index (χ1v) is 11.3. The third-order valence-electron chi connectivity index (χ3n) is 5.42. The summed E-state index contributed by atoms with van der Waals surface area (Å²) in [5.41, 5.74) is 1.41. The van der Waals surface area contributed by atoms with Crippen molar-refractivity contribution >= 4 is 40.7 Å². The quantitative estimate of drug-likeness (QED) is 0.385. The minimum absolute atomic E-state index is 0.0719. The number of aromatic nitrogens is 3. The molecule has 0 bridgehead atoms. The fourth-order valence-electron chi connectivity index (χ4n) is 3.54. The van der Waals surface area contributed by atoms with Gasteiger partial charge in [0, 0.05) is 32.7 Å². The number of aliphatic hydroxyl groups excluding tert-OH is 1. The van der Waals surface area contributed by atoms with E-state index in [0.717, 1.165) is 13.1 Å². The minimum atomic E-state index is -0.505. The summed E-state index contributed by atoms with van der Waals surface area (Å²) in [6.45, 7) is 3.35. The Bertz CT molecular complexity index is 1180. The molecule has 182 valence electrons. The minimum Gasteiger partial charge on any atom is -0.508 e. The Balaban J connectivity index is 1.32. The number of anilines is 3. The molecule has 11 nitrogen and oxygen atoms in total. The largest absolute Gasteiger partial charge is 0.508 e. The molecule has 3 aromatic rings. The molecule has 1 aliphatic rings. The van der Waals surface area contributed by atoms with Gasteiger partial charge in [-0.1, -0.05) is 11.6 Å². The topological polar surface area (TPSA) is 144 Å². The monoisotopic (exact) mass is 497 g/mol. The van der Waals surface area contributed by atoms with Crippen LogP contribution in [0, 0.1) is 0 Å². The van der Waals surface area contributed by atoms with Gasteiger partial charge in [0.05, 0.1) is 47.2 Å². The van der Waals surface area contributed by atoms with Gasteiger partial charge in [0.2, 0.25) is 5.95 Å². The Morgan fingerprint density at radius 1 is 0.971 bits per heavy atom. The van der Waals surface area contributed by atoms with Crippen molar-refractivity contribution in [2.45, 2.75) is 0 Å².